The molecule has 0 bridgehead atoms. The largest absolute Gasteiger partial charge is 0.375 e. The van der Waals surface area contributed by atoms with Crippen LogP contribution in [0.3, 0.4) is 0 Å². The van der Waals surface area contributed by atoms with Gasteiger partial charge in [-0.05, 0) is 25.7 Å². The summed E-state index contributed by atoms with van der Waals surface area (Å²) in [6.45, 7) is 7.67. The van der Waals surface area contributed by atoms with E-state index >= 15 is 0 Å². The average molecular weight is 128 g/mol. The van der Waals surface area contributed by atoms with Crippen LogP contribution in [-0.4, -0.2) is 12.2 Å². The summed E-state index contributed by atoms with van der Waals surface area (Å²) in [4.78, 5) is 0. The molecule has 0 radical (unpaired) electrons. The van der Waals surface area contributed by atoms with Crippen LogP contribution < -0.4 is 0 Å². The van der Waals surface area contributed by atoms with Crippen molar-refractivity contribution in [1.82, 2.24) is 0 Å². The summed E-state index contributed by atoms with van der Waals surface area (Å²) in [5.41, 5.74) is 0.244. The zero-order valence-electron chi connectivity index (χ0n) is 6.61. The Bertz CT molecular complexity index is 92.7. The van der Waals surface area contributed by atoms with Crippen molar-refractivity contribution >= 4 is 0 Å². The Labute approximate surface area is 57.4 Å². The molecule has 0 unspecified atom stereocenters. The van der Waals surface area contributed by atoms with Gasteiger partial charge in [0.25, 0.3) is 0 Å². The Kier molecular flexibility index (Phi) is 1.80. The molecule has 0 aromatic rings. The quantitative estimate of drug-likeness (QED) is 0.554. The van der Waals surface area contributed by atoms with Crippen molar-refractivity contribution in [2.75, 3.05) is 6.61 Å². The molecule has 9 heavy (non-hydrogen) atoms. The topological polar surface area (TPSA) is 9.23 Å². The highest BCUT2D eigenvalue weighted by atomic mass is 16.5. The molecule has 54 valence electrons. The molecule has 1 aliphatic heterocycles. The Morgan fingerprint density at radius 3 is 2.22 bits per heavy atom. The van der Waals surface area contributed by atoms with E-state index in [1.54, 1.807) is 0 Å². The molecule has 1 nitrogen and oxygen atoms in total. The van der Waals surface area contributed by atoms with Crippen LogP contribution in [0.15, 0.2) is 0 Å². The van der Waals surface area contributed by atoms with Crippen molar-refractivity contribution in [3.63, 3.8) is 0 Å². The van der Waals surface area contributed by atoms with Crippen LogP contribution in [0.5, 0.6) is 0 Å². The Hall–Kier alpha value is -0.0400. The predicted octanol–water partition coefficient (Wildman–Crippen LogP) is 2.21. The lowest BCUT2D eigenvalue weighted by Crippen LogP contribution is -2.41. The summed E-state index contributed by atoms with van der Waals surface area (Å²) < 4.78 is 5.43. The standard InChI is InChI=1S/C8H16O/c1-7(2)6-8(3)4-5-9-8/h7H,4-6H2,1-3H3/t8-/m1/s1. The van der Waals surface area contributed by atoms with Gasteiger partial charge in [0.1, 0.15) is 0 Å². The van der Waals surface area contributed by atoms with Crippen molar-refractivity contribution < 1.29 is 4.74 Å². The van der Waals surface area contributed by atoms with Crippen LogP contribution in [0.1, 0.15) is 33.6 Å². The molecule has 1 rings (SSSR count). The van der Waals surface area contributed by atoms with Gasteiger partial charge in [-0.1, -0.05) is 13.8 Å². The van der Waals surface area contributed by atoms with E-state index in [1.165, 1.54) is 12.8 Å². The van der Waals surface area contributed by atoms with Crippen molar-refractivity contribution in [3.8, 4) is 0 Å². The van der Waals surface area contributed by atoms with E-state index in [9.17, 15) is 0 Å². The molecule has 0 N–H and O–H groups in total. The SMILES string of the molecule is CC(C)C[C@@]1(C)CCO1. The van der Waals surface area contributed by atoms with Crippen molar-refractivity contribution in [2.24, 2.45) is 5.92 Å². The minimum absolute atomic E-state index is 0.244. The summed E-state index contributed by atoms with van der Waals surface area (Å²) in [6, 6.07) is 0. The van der Waals surface area contributed by atoms with Gasteiger partial charge < -0.3 is 4.74 Å². The summed E-state index contributed by atoms with van der Waals surface area (Å²) in [5, 5.41) is 0. The third kappa shape index (κ3) is 1.68. The molecule has 0 aliphatic carbocycles. The fraction of sp³-hybridized carbons (Fsp3) is 1.00. The summed E-state index contributed by atoms with van der Waals surface area (Å²) in [5.74, 6) is 0.773. The van der Waals surface area contributed by atoms with Crippen molar-refractivity contribution in [2.45, 2.75) is 39.2 Å². The molecular weight excluding hydrogens is 112 g/mol. The summed E-state index contributed by atoms with van der Waals surface area (Å²) in [6.07, 6.45) is 2.47. The molecule has 0 aromatic carbocycles. The molecule has 1 heterocycles. The normalized spacial score (nSPS) is 34.7. The first kappa shape index (κ1) is 7.07. The lowest BCUT2D eigenvalue weighted by molar-refractivity contribution is -0.143. The van der Waals surface area contributed by atoms with E-state index < -0.39 is 0 Å². The van der Waals surface area contributed by atoms with Gasteiger partial charge in [0.05, 0.1) is 12.2 Å². The second-order valence-electron chi connectivity index (χ2n) is 3.65. The minimum Gasteiger partial charge on any atom is -0.375 e. The Morgan fingerprint density at radius 1 is 1.56 bits per heavy atom. The van der Waals surface area contributed by atoms with Crippen LogP contribution in [-0.2, 0) is 4.74 Å². The molecule has 1 fully saturated rings. The number of hydrogen-bond acceptors (Lipinski definition) is 1. The van der Waals surface area contributed by atoms with Crippen molar-refractivity contribution in [1.29, 1.82) is 0 Å². The van der Waals surface area contributed by atoms with Crippen LogP contribution in [0.25, 0.3) is 0 Å². The first-order chi connectivity index (χ1) is 4.12. The first-order valence-corrected chi connectivity index (χ1v) is 3.76. The Balaban J connectivity index is 2.24. The maximum absolute atomic E-state index is 5.43. The van der Waals surface area contributed by atoms with E-state index in [-0.39, 0.29) is 5.60 Å². The van der Waals surface area contributed by atoms with Gasteiger partial charge in [-0.2, -0.15) is 0 Å². The zero-order chi connectivity index (χ0) is 6.91. The van der Waals surface area contributed by atoms with Gasteiger partial charge in [0.2, 0.25) is 0 Å². The first-order valence-electron chi connectivity index (χ1n) is 3.76. The maximum atomic E-state index is 5.43. The third-order valence-electron chi connectivity index (χ3n) is 1.92. The lowest BCUT2D eigenvalue weighted by Gasteiger charge is -2.39. The van der Waals surface area contributed by atoms with Gasteiger partial charge in [-0.25, -0.2) is 0 Å². The van der Waals surface area contributed by atoms with E-state index in [0.29, 0.717) is 0 Å². The number of rotatable bonds is 2. The highest BCUT2D eigenvalue weighted by Gasteiger charge is 2.33. The molecule has 1 aliphatic rings. The minimum atomic E-state index is 0.244. The molecule has 1 heteroatoms. The lowest BCUT2D eigenvalue weighted by atomic mass is 9.88. The van der Waals surface area contributed by atoms with E-state index in [0.717, 1.165) is 12.5 Å². The number of hydrogen-bond donors (Lipinski definition) is 0. The van der Waals surface area contributed by atoms with Gasteiger partial charge in [-0.3, -0.25) is 0 Å². The van der Waals surface area contributed by atoms with Crippen LogP contribution >= 0.6 is 0 Å². The molecule has 1 saturated heterocycles. The van der Waals surface area contributed by atoms with Gasteiger partial charge in [0.15, 0.2) is 0 Å². The molecule has 0 aromatic heterocycles. The Morgan fingerprint density at radius 2 is 2.11 bits per heavy atom. The molecule has 0 amide bonds. The van der Waals surface area contributed by atoms with Gasteiger partial charge in [-0.15, -0.1) is 0 Å². The highest BCUT2D eigenvalue weighted by molar-refractivity contribution is 4.82. The van der Waals surface area contributed by atoms with Crippen LogP contribution in [0.4, 0.5) is 0 Å². The third-order valence-corrected chi connectivity index (χ3v) is 1.92. The summed E-state index contributed by atoms with van der Waals surface area (Å²) in [7, 11) is 0. The molecule has 0 spiro atoms. The molecule has 0 saturated carbocycles. The summed E-state index contributed by atoms with van der Waals surface area (Å²) >= 11 is 0. The number of ether oxygens (including phenoxy) is 1. The fourth-order valence-electron chi connectivity index (χ4n) is 1.48. The average Bonchev–Trinajstić information content (AvgIpc) is 1.60. The second kappa shape index (κ2) is 2.30. The van der Waals surface area contributed by atoms with E-state index in [2.05, 4.69) is 20.8 Å². The molecular formula is C8H16O. The molecule has 1 atom stereocenters. The van der Waals surface area contributed by atoms with Gasteiger partial charge >= 0.3 is 0 Å². The zero-order valence-corrected chi connectivity index (χ0v) is 6.61. The van der Waals surface area contributed by atoms with E-state index in [1.807, 2.05) is 0 Å². The predicted molar refractivity (Wildman–Crippen MR) is 38.4 cm³/mol. The maximum Gasteiger partial charge on any atom is 0.0678 e. The van der Waals surface area contributed by atoms with Crippen molar-refractivity contribution in [3.05, 3.63) is 0 Å². The van der Waals surface area contributed by atoms with E-state index in [4.69, 9.17) is 4.74 Å². The fourth-order valence-corrected chi connectivity index (χ4v) is 1.48. The monoisotopic (exact) mass is 128 g/mol. The highest BCUT2D eigenvalue weighted by Crippen LogP contribution is 2.31. The smallest absolute Gasteiger partial charge is 0.0678 e. The van der Waals surface area contributed by atoms with Crippen LogP contribution in [0, 0.1) is 5.92 Å². The van der Waals surface area contributed by atoms with Gasteiger partial charge in [0, 0.05) is 0 Å². The second-order valence-corrected chi connectivity index (χ2v) is 3.65. The van der Waals surface area contributed by atoms with Crippen LogP contribution in [0.2, 0.25) is 0 Å².